The zero-order valence-corrected chi connectivity index (χ0v) is 24.6. The van der Waals surface area contributed by atoms with E-state index in [-0.39, 0.29) is 5.41 Å². The maximum absolute atomic E-state index is 3.74. The third-order valence-electron chi connectivity index (χ3n) is 8.85. The van der Waals surface area contributed by atoms with Crippen molar-refractivity contribution in [2.24, 2.45) is 0 Å². The van der Waals surface area contributed by atoms with Gasteiger partial charge in [0.25, 0.3) is 0 Å². The molecule has 2 heteroatoms. The molecule has 0 bridgehead atoms. The summed E-state index contributed by atoms with van der Waals surface area (Å²) >= 11 is 3.74. The average Bonchev–Trinajstić information content (AvgIpc) is 3.46. The molecule has 1 aliphatic carbocycles. The van der Waals surface area contributed by atoms with Crippen LogP contribution < -0.4 is 0 Å². The van der Waals surface area contributed by atoms with Gasteiger partial charge in [-0.25, -0.2) is 0 Å². The van der Waals surface area contributed by atoms with Crippen molar-refractivity contribution in [3.63, 3.8) is 0 Å². The van der Waals surface area contributed by atoms with Crippen LogP contribution in [0.5, 0.6) is 0 Å². The van der Waals surface area contributed by atoms with E-state index >= 15 is 0 Å². The van der Waals surface area contributed by atoms with E-state index < -0.39 is 0 Å². The van der Waals surface area contributed by atoms with Gasteiger partial charge in [0.05, 0.1) is 16.7 Å². The van der Waals surface area contributed by atoms with E-state index in [0.29, 0.717) is 0 Å². The first-order chi connectivity index (χ1) is 20.0. The van der Waals surface area contributed by atoms with Gasteiger partial charge in [0.15, 0.2) is 0 Å². The van der Waals surface area contributed by atoms with Crippen LogP contribution in [0.25, 0.3) is 60.9 Å². The topological polar surface area (TPSA) is 4.93 Å². The van der Waals surface area contributed by atoms with Crippen LogP contribution in [-0.2, 0) is 5.41 Å². The van der Waals surface area contributed by atoms with E-state index in [9.17, 15) is 0 Å². The van der Waals surface area contributed by atoms with Crippen LogP contribution in [0.3, 0.4) is 0 Å². The number of para-hydroxylation sites is 1. The Hall–Kier alpha value is -4.40. The molecule has 0 saturated carbocycles. The minimum absolute atomic E-state index is 0.102. The Labute approximate surface area is 248 Å². The zero-order valence-electron chi connectivity index (χ0n) is 23.0. The zero-order chi connectivity index (χ0) is 27.7. The molecule has 0 amide bonds. The highest BCUT2D eigenvalue weighted by molar-refractivity contribution is 9.10. The van der Waals surface area contributed by atoms with E-state index in [1.807, 2.05) is 0 Å². The largest absolute Gasteiger partial charge is 0.309 e. The predicted octanol–water partition coefficient (Wildman–Crippen LogP) is 11.2. The maximum atomic E-state index is 3.74. The Morgan fingerprint density at radius 1 is 0.512 bits per heavy atom. The first kappa shape index (κ1) is 24.4. The molecule has 8 rings (SSSR count). The summed E-state index contributed by atoms with van der Waals surface area (Å²) < 4.78 is 3.60. The lowest BCUT2D eigenvalue weighted by molar-refractivity contribution is 0.656. The van der Waals surface area contributed by atoms with Gasteiger partial charge in [0.2, 0.25) is 0 Å². The van der Waals surface area contributed by atoms with Gasteiger partial charge in [-0.3, -0.25) is 0 Å². The molecule has 0 unspecified atom stereocenters. The molecule has 0 radical (unpaired) electrons. The van der Waals surface area contributed by atoms with Crippen molar-refractivity contribution in [1.82, 2.24) is 4.57 Å². The minimum atomic E-state index is -0.102. The highest BCUT2D eigenvalue weighted by Gasteiger charge is 2.37. The molecule has 0 saturated heterocycles. The Bertz CT molecular complexity index is 2150. The van der Waals surface area contributed by atoms with Gasteiger partial charge in [-0.1, -0.05) is 133 Å². The monoisotopic (exact) mass is 589 g/mol. The molecule has 196 valence electrons. The number of rotatable bonds is 3. The molecule has 0 aliphatic heterocycles. The molecule has 0 spiro atoms. The molecule has 6 aromatic carbocycles. The lowest BCUT2D eigenvalue weighted by Crippen LogP contribution is -2.18. The number of halogens is 1. The second-order valence-electron chi connectivity index (χ2n) is 11.5. The number of hydrogen-bond acceptors (Lipinski definition) is 0. The molecule has 1 heterocycles. The summed E-state index contributed by atoms with van der Waals surface area (Å²) in [7, 11) is 0. The smallest absolute Gasteiger partial charge is 0.0547 e. The summed E-state index contributed by atoms with van der Waals surface area (Å²) in [6.07, 6.45) is 0. The Kier molecular flexibility index (Phi) is 5.39. The summed E-state index contributed by atoms with van der Waals surface area (Å²) in [6.45, 7) is 4.74. The third-order valence-corrected chi connectivity index (χ3v) is 9.54. The Morgan fingerprint density at radius 3 is 2.05 bits per heavy atom. The first-order valence-corrected chi connectivity index (χ1v) is 14.9. The van der Waals surface area contributed by atoms with Crippen molar-refractivity contribution in [3.05, 3.63) is 149 Å². The molecule has 41 heavy (non-hydrogen) atoms. The molecule has 7 aromatic rings. The summed E-state index contributed by atoms with van der Waals surface area (Å²) in [4.78, 5) is 0. The van der Waals surface area contributed by atoms with E-state index in [4.69, 9.17) is 0 Å². The van der Waals surface area contributed by atoms with Crippen LogP contribution in [0.2, 0.25) is 0 Å². The second-order valence-corrected chi connectivity index (χ2v) is 12.4. The standard InChI is InChI=1S/C39H28BrN/c1-39(2)33-17-6-3-14-29(33)32-16-10-20-36(38(32)39)41-35-19-8-5-15-30(35)31-22-21-26(24-37(31)41)25-11-9-12-27(23-25)28-13-4-7-18-34(28)40/h3-24H,1-2H3. The van der Waals surface area contributed by atoms with Gasteiger partial charge >= 0.3 is 0 Å². The van der Waals surface area contributed by atoms with Crippen LogP contribution in [-0.4, -0.2) is 4.57 Å². The Morgan fingerprint density at radius 2 is 1.17 bits per heavy atom. The Balaban J connectivity index is 1.39. The summed E-state index contributed by atoms with van der Waals surface area (Å²) in [5.41, 5.74) is 13.9. The van der Waals surface area contributed by atoms with E-state index in [2.05, 4.69) is 168 Å². The number of nitrogens with zero attached hydrogens (tertiary/aromatic N) is 1. The highest BCUT2D eigenvalue weighted by Crippen LogP contribution is 2.51. The lowest BCUT2D eigenvalue weighted by atomic mass is 9.81. The lowest BCUT2D eigenvalue weighted by Gasteiger charge is -2.25. The molecule has 1 aliphatic rings. The van der Waals surface area contributed by atoms with Gasteiger partial charge in [-0.05, 0) is 74.8 Å². The summed E-state index contributed by atoms with van der Waals surface area (Å²) in [6, 6.07) is 48.8. The van der Waals surface area contributed by atoms with E-state index in [1.165, 1.54) is 72.0 Å². The van der Waals surface area contributed by atoms with E-state index in [0.717, 1.165) is 4.47 Å². The average molecular weight is 591 g/mol. The molecular weight excluding hydrogens is 562 g/mol. The van der Waals surface area contributed by atoms with Gasteiger partial charge in [0, 0.05) is 20.7 Å². The summed E-state index contributed by atoms with van der Waals surface area (Å²) in [5.74, 6) is 0. The van der Waals surface area contributed by atoms with Crippen molar-refractivity contribution in [1.29, 1.82) is 0 Å². The van der Waals surface area contributed by atoms with Crippen molar-refractivity contribution < 1.29 is 0 Å². The van der Waals surface area contributed by atoms with Crippen LogP contribution in [0.1, 0.15) is 25.0 Å². The molecule has 0 atom stereocenters. The van der Waals surface area contributed by atoms with E-state index in [1.54, 1.807) is 0 Å². The number of fused-ring (bicyclic) bond motifs is 6. The summed E-state index contributed by atoms with van der Waals surface area (Å²) in [5, 5.41) is 2.55. The molecule has 0 N–H and O–H groups in total. The highest BCUT2D eigenvalue weighted by atomic mass is 79.9. The fourth-order valence-electron chi connectivity index (χ4n) is 6.98. The van der Waals surface area contributed by atoms with Crippen LogP contribution in [0.4, 0.5) is 0 Å². The van der Waals surface area contributed by atoms with Gasteiger partial charge in [-0.2, -0.15) is 0 Å². The van der Waals surface area contributed by atoms with Crippen molar-refractivity contribution >= 4 is 37.7 Å². The molecule has 1 nitrogen and oxygen atoms in total. The third kappa shape index (κ3) is 3.60. The normalized spacial score (nSPS) is 13.4. The number of benzene rings is 6. The van der Waals surface area contributed by atoms with Crippen molar-refractivity contribution in [3.8, 4) is 39.1 Å². The van der Waals surface area contributed by atoms with Crippen LogP contribution in [0.15, 0.2) is 138 Å². The first-order valence-electron chi connectivity index (χ1n) is 14.1. The predicted molar refractivity (Wildman–Crippen MR) is 177 cm³/mol. The molecule has 0 fully saturated rings. The van der Waals surface area contributed by atoms with Crippen LogP contribution in [0, 0.1) is 0 Å². The van der Waals surface area contributed by atoms with Crippen molar-refractivity contribution in [2.75, 3.05) is 0 Å². The maximum Gasteiger partial charge on any atom is 0.0547 e. The minimum Gasteiger partial charge on any atom is -0.309 e. The van der Waals surface area contributed by atoms with Crippen LogP contribution >= 0.6 is 15.9 Å². The van der Waals surface area contributed by atoms with Gasteiger partial charge in [-0.15, -0.1) is 0 Å². The molecule has 1 aromatic heterocycles. The molecular formula is C39H28BrN. The fraction of sp³-hybridized carbons (Fsp3) is 0.0769. The SMILES string of the molecule is CC1(C)c2ccccc2-c2cccc(-n3c4ccccc4c4ccc(-c5cccc(-c6ccccc6Br)c5)cc43)c21. The van der Waals surface area contributed by atoms with Gasteiger partial charge < -0.3 is 4.57 Å². The number of aromatic nitrogens is 1. The van der Waals surface area contributed by atoms with Crippen molar-refractivity contribution in [2.45, 2.75) is 19.3 Å². The number of hydrogen-bond donors (Lipinski definition) is 0. The fourth-order valence-corrected chi connectivity index (χ4v) is 7.49. The quantitative estimate of drug-likeness (QED) is 0.193. The second kappa shape index (κ2) is 9.06. The van der Waals surface area contributed by atoms with Gasteiger partial charge in [0.1, 0.15) is 0 Å².